The van der Waals surface area contributed by atoms with Crippen molar-refractivity contribution in [2.75, 3.05) is 33.0 Å². The molecule has 3 atom stereocenters. The summed E-state index contributed by atoms with van der Waals surface area (Å²) in [7, 11) is 0. The van der Waals surface area contributed by atoms with Gasteiger partial charge in [0.15, 0.2) is 0 Å². The van der Waals surface area contributed by atoms with Crippen LogP contribution in [0.5, 0.6) is 0 Å². The zero-order chi connectivity index (χ0) is 16.9. The van der Waals surface area contributed by atoms with Gasteiger partial charge in [0.25, 0.3) is 0 Å². The molecule has 1 aliphatic rings. The first kappa shape index (κ1) is 20.9. The SMILES string of the molecule is CCCCOCCCOCCCOC1CC(C)CCC1C(C)C. The molecule has 1 fully saturated rings. The minimum atomic E-state index is 0.464. The summed E-state index contributed by atoms with van der Waals surface area (Å²) in [5.74, 6) is 2.29. The van der Waals surface area contributed by atoms with E-state index in [4.69, 9.17) is 14.2 Å². The Balaban J connectivity index is 1.97. The van der Waals surface area contributed by atoms with Crippen molar-refractivity contribution in [3.63, 3.8) is 0 Å². The van der Waals surface area contributed by atoms with Gasteiger partial charge < -0.3 is 14.2 Å². The summed E-state index contributed by atoms with van der Waals surface area (Å²) in [5, 5.41) is 0. The van der Waals surface area contributed by atoms with Crippen LogP contribution in [0.3, 0.4) is 0 Å². The van der Waals surface area contributed by atoms with E-state index in [0.29, 0.717) is 6.10 Å². The molecular weight excluding hydrogens is 288 g/mol. The molecule has 3 unspecified atom stereocenters. The molecule has 1 aliphatic carbocycles. The van der Waals surface area contributed by atoms with E-state index in [9.17, 15) is 0 Å². The molecule has 3 nitrogen and oxygen atoms in total. The van der Waals surface area contributed by atoms with E-state index >= 15 is 0 Å². The van der Waals surface area contributed by atoms with Gasteiger partial charge in [0.1, 0.15) is 0 Å². The third-order valence-electron chi connectivity index (χ3n) is 4.95. The summed E-state index contributed by atoms with van der Waals surface area (Å²) in [6, 6.07) is 0. The van der Waals surface area contributed by atoms with E-state index in [-0.39, 0.29) is 0 Å². The standard InChI is InChI=1S/C20H40O3/c1-5-6-11-21-12-7-13-22-14-8-15-23-20-16-18(4)9-10-19(20)17(2)3/h17-20H,5-16H2,1-4H3. The fourth-order valence-corrected chi connectivity index (χ4v) is 3.42. The monoisotopic (exact) mass is 328 g/mol. The van der Waals surface area contributed by atoms with Gasteiger partial charge >= 0.3 is 0 Å². The van der Waals surface area contributed by atoms with Crippen LogP contribution < -0.4 is 0 Å². The van der Waals surface area contributed by atoms with E-state index in [1.54, 1.807) is 0 Å². The zero-order valence-corrected chi connectivity index (χ0v) is 16.0. The van der Waals surface area contributed by atoms with Gasteiger partial charge in [-0.2, -0.15) is 0 Å². The lowest BCUT2D eigenvalue weighted by Gasteiger charge is -2.37. The molecular formula is C20H40O3. The van der Waals surface area contributed by atoms with E-state index in [2.05, 4.69) is 27.7 Å². The lowest BCUT2D eigenvalue weighted by atomic mass is 9.75. The first-order chi connectivity index (χ1) is 11.1. The van der Waals surface area contributed by atoms with Crippen molar-refractivity contribution in [2.24, 2.45) is 17.8 Å². The molecule has 23 heavy (non-hydrogen) atoms. The summed E-state index contributed by atoms with van der Waals surface area (Å²) in [6.45, 7) is 13.4. The topological polar surface area (TPSA) is 27.7 Å². The molecule has 0 radical (unpaired) electrons. The summed E-state index contributed by atoms with van der Waals surface area (Å²) < 4.78 is 17.4. The van der Waals surface area contributed by atoms with E-state index in [1.165, 1.54) is 25.7 Å². The fraction of sp³-hybridized carbons (Fsp3) is 1.00. The normalized spacial score (nSPS) is 25.2. The van der Waals surface area contributed by atoms with Gasteiger partial charge in [0.2, 0.25) is 0 Å². The number of hydrogen-bond donors (Lipinski definition) is 0. The summed E-state index contributed by atoms with van der Waals surface area (Å²) in [5.41, 5.74) is 0. The van der Waals surface area contributed by atoms with Crippen molar-refractivity contribution in [1.82, 2.24) is 0 Å². The molecule has 0 aliphatic heterocycles. The average Bonchev–Trinajstić information content (AvgIpc) is 2.52. The number of unbranched alkanes of at least 4 members (excludes halogenated alkanes) is 1. The quantitative estimate of drug-likeness (QED) is 0.441. The van der Waals surface area contributed by atoms with Crippen molar-refractivity contribution in [2.45, 2.75) is 78.7 Å². The molecule has 0 aromatic carbocycles. The van der Waals surface area contributed by atoms with Crippen LogP contribution in [0.15, 0.2) is 0 Å². The third-order valence-corrected chi connectivity index (χ3v) is 4.95. The van der Waals surface area contributed by atoms with Crippen molar-refractivity contribution < 1.29 is 14.2 Å². The van der Waals surface area contributed by atoms with Crippen LogP contribution in [0, 0.1) is 17.8 Å². The highest BCUT2D eigenvalue weighted by Crippen LogP contribution is 2.35. The van der Waals surface area contributed by atoms with E-state index in [0.717, 1.165) is 70.1 Å². The lowest BCUT2D eigenvalue weighted by molar-refractivity contribution is -0.0447. The Hall–Kier alpha value is -0.120. The van der Waals surface area contributed by atoms with Crippen LogP contribution in [0.4, 0.5) is 0 Å². The van der Waals surface area contributed by atoms with Crippen molar-refractivity contribution in [1.29, 1.82) is 0 Å². The van der Waals surface area contributed by atoms with Gasteiger partial charge in [-0.3, -0.25) is 0 Å². The Morgan fingerprint density at radius 3 is 2.09 bits per heavy atom. The highest BCUT2D eigenvalue weighted by Gasteiger charge is 2.31. The second-order valence-corrected chi connectivity index (χ2v) is 7.52. The molecule has 0 spiro atoms. The maximum Gasteiger partial charge on any atom is 0.0608 e. The van der Waals surface area contributed by atoms with Gasteiger partial charge in [-0.25, -0.2) is 0 Å². The Bertz CT molecular complexity index is 268. The Morgan fingerprint density at radius 1 is 0.870 bits per heavy atom. The van der Waals surface area contributed by atoms with Crippen molar-refractivity contribution in [3.8, 4) is 0 Å². The fourth-order valence-electron chi connectivity index (χ4n) is 3.42. The van der Waals surface area contributed by atoms with Crippen LogP contribution in [0.25, 0.3) is 0 Å². The van der Waals surface area contributed by atoms with Gasteiger partial charge in [-0.1, -0.05) is 40.5 Å². The minimum absolute atomic E-state index is 0.464. The summed E-state index contributed by atoms with van der Waals surface area (Å²) in [6.07, 6.45) is 8.77. The number of ether oxygens (including phenoxy) is 3. The molecule has 0 aromatic heterocycles. The van der Waals surface area contributed by atoms with Crippen LogP contribution >= 0.6 is 0 Å². The molecule has 138 valence electrons. The van der Waals surface area contributed by atoms with Crippen LogP contribution in [-0.4, -0.2) is 39.1 Å². The van der Waals surface area contributed by atoms with Crippen LogP contribution in [0.1, 0.15) is 72.6 Å². The third kappa shape index (κ3) is 9.69. The van der Waals surface area contributed by atoms with Crippen LogP contribution in [-0.2, 0) is 14.2 Å². The maximum absolute atomic E-state index is 6.19. The van der Waals surface area contributed by atoms with E-state index in [1.807, 2.05) is 0 Å². The predicted octanol–water partition coefficient (Wildman–Crippen LogP) is 5.08. The number of hydrogen-bond acceptors (Lipinski definition) is 3. The van der Waals surface area contributed by atoms with Gasteiger partial charge in [0, 0.05) is 33.0 Å². The Kier molecular flexibility index (Phi) is 12.0. The second kappa shape index (κ2) is 13.2. The molecule has 1 saturated carbocycles. The maximum atomic E-state index is 6.19. The molecule has 0 saturated heterocycles. The molecule has 0 amide bonds. The Morgan fingerprint density at radius 2 is 1.48 bits per heavy atom. The predicted molar refractivity (Wildman–Crippen MR) is 96.9 cm³/mol. The summed E-state index contributed by atoms with van der Waals surface area (Å²) in [4.78, 5) is 0. The molecule has 0 bridgehead atoms. The van der Waals surface area contributed by atoms with E-state index < -0.39 is 0 Å². The first-order valence-electron chi connectivity index (χ1n) is 9.92. The molecule has 0 heterocycles. The van der Waals surface area contributed by atoms with Gasteiger partial charge in [-0.05, 0) is 49.9 Å². The number of rotatable bonds is 13. The Labute approximate surface area is 144 Å². The van der Waals surface area contributed by atoms with Gasteiger partial charge in [0.05, 0.1) is 6.10 Å². The molecule has 0 N–H and O–H groups in total. The van der Waals surface area contributed by atoms with Gasteiger partial charge in [-0.15, -0.1) is 0 Å². The second-order valence-electron chi connectivity index (χ2n) is 7.52. The largest absolute Gasteiger partial charge is 0.381 e. The lowest BCUT2D eigenvalue weighted by Crippen LogP contribution is -2.34. The van der Waals surface area contributed by atoms with Crippen molar-refractivity contribution >= 4 is 0 Å². The highest BCUT2D eigenvalue weighted by atomic mass is 16.5. The average molecular weight is 329 g/mol. The first-order valence-corrected chi connectivity index (χ1v) is 9.92. The summed E-state index contributed by atoms with van der Waals surface area (Å²) >= 11 is 0. The zero-order valence-electron chi connectivity index (χ0n) is 16.0. The minimum Gasteiger partial charge on any atom is -0.381 e. The molecule has 1 rings (SSSR count). The smallest absolute Gasteiger partial charge is 0.0608 e. The highest BCUT2D eigenvalue weighted by molar-refractivity contribution is 4.81. The molecule has 0 aromatic rings. The van der Waals surface area contributed by atoms with Crippen LogP contribution in [0.2, 0.25) is 0 Å². The molecule has 3 heteroatoms. The van der Waals surface area contributed by atoms with Crippen molar-refractivity contribution in [3.05, 3.63) is 0 Å².